The number of rotatable bonds is 5. The van der Waals surface area contributed by atoms with Crippen LogP contribution in [0.15, 0.2) is 51.1 Å². The second-order valence-corrected chi connectivity index (χ2v) is 5.83. The smallest absolute Gasteiger partial charge is 0.442 e. The molecule has 0 spiro atoms. The van der Waals surface area contributed by atoms with Crippen molar-refractivity contribution in [1.82, 2.24) is 9.72 Å². The summed E-state index contributed by atoms with van der Waals surface area (Å²) in [5.74, 6) is -0.191. The summed E-state index contributed by atoms with van der Waals surface area (Å²) in [6.07, 6.45) is -4.41. The molecule has 2 heterocycles. The van der Waals surface area contributed by atoms with E-state index < -0.39 is 18.5 Å². The fraction of sp³-hybridized carbons (Fsp3) is 0.200. The summed E-state index contributed by atoms with van der Waals surface area (Å²) in [6.45, 7) is -1.26. The van der Waals surface area contributed by atoms with Crippen LogP contribution in [0.2, 0.25) is 0 Å². The van der Waals surface area contributed by atoms with Gasteiger partial charge in [0.15, 0.2) is 12.4 Å². The first-order chi connectivity index (χ1) is 11.4. The van der Waals surface area contributed by atoms with Crippen LogP contribution in [-0.4, -0.2) is 22.5 Å². The van der Waals surface area contributed by atoms with Crippen molar-refractivity contribution in [2.75, 3.05) is 6.61 Å². The predicted octanol–water partition coefficient (Wildman–Crippen LogP) is 3.55. The Morgan fingerprint density at radius 3 is 2.79 bits per heavy atom. The molecule has 0 aliphatic carbocycles. The highest BCUT2D eigenvalue weighted by molar-refractivity contribution is 7.13. The van der Waals surface area contributed by atoms with Gasteiger partial charge in [0.2, 0.25) is 0 Å². The van der Waals surface area contributed by atoms with E-state index in [1.165, 1.54) is 28.0 Å². The van der Waals surface area contributed by atoms with Crippen LogP contribution in [0.4, 0.5) is 13.2 Å². The van der Waals surface area contributed by atoms with E-state index >= 15 is 0 Å². The minimum Gasteiger partial charge on any atom is -0.484 e. The van der Waals surface area contributed by atoms with Crippen molar-refractivity contribution < 1.29 is 22.4 Å². The monoisotopic (exact) mass is 356 g/mol. The number of thiophene rings is 1. The van der Waals surface area contributed by atoms with Crippen molar-refractivity contribution in [1.29, 1.82) is 0 Å². The SMILES string of the molecule is O=c1onc(-c2cccs2)n1Cc1cccc(OCC(F)(F)F)c1. The van der Waals surface area contributed by atoms with Crippen molar-refractivity contribution >= 4 is 11.3 Å². The zero-order chi connectivity index (χ0) is 17.2. The van der Waals surface area contributed by atoms with Gasteiger partial charge < -0.3 is 4.74 Å². The fourth-order valence-corrected chi connectivity index (χ4v) is 2.79. The fourth-order valence-electron chi connectivity index (χ4n) is 2.07. The molecule has 0 bridgehead atoms. The summed E-state index contributed by atoms with van der Waals surface area (Å²) in [4.78, 5) is 12.6. The molecule has 0 saturated heterocycles. The molecule has 0 amide bonds. The highest BCUT2D eigenvalue weighted by atomic mass is 32.1. The number of halogens is 3. The summed E-state index contributed by atoms with van der Waals surface area (Å²) in [6, 6.07) is 9.72. The molecule has 1 aromatic carbocycles. The zero-order valence-corrected chi connectivity index (χ0v) is 12.9. The van der Waals surface area contributed by atoms with Crippen LogP contribution in [0.5, 0.6) is 5.75 Å². The predicted molar refractivity (Wildman–Crippen MR) is 81.2 cm³/mol. The molecule has 126 valence electrons. The number of hydrogen-bond donors (Lipinski definition) is 0. The van der Waals surface area contributed by atoms with Crippen molar-refractivity contribution in [2.45, 2.75) is 12.7 Å². The van der Waals surface area contributed by atoms with Crippen LogP contribution in [0.25, 0.3) is 10.7 Å². The lowest BCUT2D eigenvalue weighted by atomic mass is 10.2. The van der Waals surface area contributed by atoms with Crippen LogP contribution in [0, 0.1) is 0 Å². The van der Waals surface area contributed by atoms with E-state index in [1.54, 1.807) is 18.2 Å². The van der Waals surface area contributed by atoms with Gasteiger partial charge in [-0.25, -0.2) is 4.79 Å². The topological polar surface area (TPSA) is 57.3 Å². The Hall–Kier alpha value is -2.55. The molecule has 0 N–H and O–H groups in total. The number of aromatic nitrogens is 2. The molecule has 0 radical (unpaired) electrons. The van der Waals surface area contributed by atoms with Gasteiger partial charge >= 0.3 is 11.9 Å². The molecule has 0 fully saturated rings. The van der Waals surface area contributed by atoms with Crippen LogP contribution in [0.1, 0.15) is 5.56 Å². The van der Waals surface area contributed by atoms with Gasteiger partial charge in [0, 0.05) is 0 Å². The Kier molecular flexibility index (Phi) is 4.43. The molecule has 0 aliphatic heterocycles. The minimum absolute atomic E-state index is 0.0759. The van der Waals surface area contributed by atoms with Crippen molar-refractivity contribution in [3.05, 3.63) is 57.9 Å². The lowest BCUT2D eigenvalue weighted by Gasteiger charge is -2.10. The summed E-state index contributed by atoms with van der Waals surface area (Å²) >= 11 is 1.40. The Labute approximate surface area is 137 Å². The second-order valence-electron chi connectivity index (χ2n) is 4.89. The maximum atomic E-state index is 12.2. The van der Waals surface area contributed by atoms with Crippen molar-refractivity contribution in [2.24, 2.45) is 0 Å². The molecule has 3 aromatic rings. The van der Waals surface area contributed by atoms with E-state index in [-0.39, 0.29) is 12.3 Å². The van der Waals surface area contributed by atoms with Crippen LogP contribution >= 0.6 is 11.3 Å². The van der Waals surface area contributed by atoms with Crippen molar-refractivity contribution in [3.8, 4) is 16.5 Å². The molecular weight excluding hydrogens is 345 g/mol. The van der Waals surface area contributed by atoms with Gasteiger partial charge in [0.05, 0.1) is 11.4 Å². The number of ether oxygens (including phenoxy) is 1. The van der Waals surface area contributed by atoms with E-state index in [0.717, 1.165) is 4.88 Å². The van der Waals surface area contributed by atoms with Crippen LogP contribution in [-0.2, 0) is 6.54 Å². The van der Waals surface area contributed by atoms with E-state index in [2.05, 4.69) is 5.16 Å². The number of nitrogens with zero attached hydrogens (tertiary/aromatic N) is 2. The summed E-state index contributed by atoms with van der Waals surface area (Å²) in [5, 5.41) is 5.59. The standard InChI is InChI=1S/C15H11F3N2O3S/c16-15(17,18)9-22-11-4-1-3-10(7-11)8-20-13(19-23-14(20)21)12-5-2-6-24-12/h1-7H,8-9H2. The van der Waals surface area contributed by atoms with E-state index in [4.69, 9.17) is 9.26 Å². The maximum Gasteiger partial charge on any atom is 0.442 e. The second kappa shape index (κ2) is 6.52. The van der Waals surface area contributed by atoms with Gasteiger partial charge in [-0.05, 0) is 29.1 Å². The van der Waals surface area contributed by atoms with Gasteiger partial charge in [0.25, 0.3) is 0 Å². The molecule has 9 heteroatoms. The van der Waals surface area contributed by atoms with Crippen molar-refractivity contribution in [3.63, 3.8) is 0 Å². The lowest BCUT2D eigenvalue weighted by Crippen LogP contribution is -2.19. The third kappa shape index (κ3) is 3.85. The molecular formula is C15H11F3N2O3S. The Morgan fingerprint density at radius 2 is 2.08 bits per heavy atom. The quantitative estimate of drug-likeness (QED) is 0.701. The first-order valence-electron chi connectivity index (χ1n) is 6.81. The van der Waals surface area contributed by atoms with Crippen LogP contribution < -0.4 is 10.5 Å². The van der Waals surface area contributed by atoms with E-state index in [1.807, 2.05) is 11.4 Å². The third-order valence-electron chi connectivity index (χ3n) is 3.07. The number of alkyl halides is 3. The van der Waals surface area contributed by atoms with Crippen LogP contribution in [0.3, 0.4) is 0 Å². The lowest BCUT2D eigenvalue weighted by molar-refractivity contribution is -0.153. The maximum absolute atomic E-state index is 12.2. The average Bonchev–Trinajstić information content (AvgIpc) is 3.16. The first kappa shape index (κ1) is 16.3. The van der Waals surface area contributed by atoms with Gasteiger partial charge in [-0.15, -0.1) is 11.3 Å². The molecule has 5 nitrogen and oxygen atoms in total. The summed E-state index contributed by atoms with van der Waals surface area (Å²) < 4.78 is 47.4. The Morgan fingerprint density at radius 1 is 1.25 bits per heavy atom. The highest BCUT2D eigenvalue weighted by Crippen LogP contribution is 2.23. The molecule has 24 heavy (non-hydrogen) atoms. The van der Waals surface area contributed by atoms with E-state index in [0.29, 0.717) is 11.4 Å². The molecule has 0 saturated carbocycles. The molecule has 0 unspecified atom stereocenters. The average molecular weight is 356 g/mol. The summed E-state index contributed by atoms with van der Waals surface area (Å²) in [7, 11) is 0. The highest BCUT2D eigenvalue weighted by Gasteiger charge is 2.28. The number of benzene rings is 1. The van der Waals surface area contributed by atoms with Gasteiger partial charge in [0.1, 0.15) is 5.75 Å². The first-order valence-corrected chi connectivity index (χ1v) is 7.69. The minimum atomic E-state index is -4.41. The third-order valence-corrected chi connectivity index (χ3v) is 3.94. The summed E-state index contributed by atoms with van der Waals surface area (Å²) in [5.41, 5.74) is 0.595. The zero-order valence-electron chi connectivity index (χ0n) is 12.1. The van der Waals surface area contributed by atoms with Gasteiger partial charge in [-0.3, -0.25) is 9.09 Å². The van der Waals surface area contributed by atoms with Gasteiger partial charge in [-0.1, -0.05) is 23.4 Å². The Balaban J connectivity index is 1.82. The molecule has 0 aliphatic rings. The van der Waals surface area contributed by atoms with E-state index in [9.17, 15) is 18.0 Å². The van der Waals surface area contributed by atoms with Gasteiger partial charge in [-0.2, -0.15) is 13.2 Å². The Bertz CT molecular complexity index is 869. The largest absolute Gasteiger partial charge is 0.484 e. The molecule has 0 atom stereocenters. The number of hydrogen-bond acceptors (Lipinski definition) is 5. The normalized spacial score (nSPS) is 11.6. The molecule has 2 aromatic heterocycles. The molecule has 3 rings (SSSR count).